The number of aromatic nitrogens is 1. The number of fused-ring (bicyclic) bond motifs is 4. The first-order valence-corrected chi connectivity index (χ1v) is 14.4. The summed E-state index contributed by atoms with van der Waals surface area (Å²) in [4.78, 5) is 2.36. The normalized spacial score (nSPS) is 11.3. The van der Waals surface area contributed by atoms with Crippen LogP contribution in [0.15, 0.2) is 170 Å². The molecule has 0 fully saturated rings. The van der Waals surface area contributed by atoms with E-state index in [1.54, 1.807) is 0 Å². The summed E-state index contributed by atoms with van der Waals surface area (Å²) in [5.41, 5.74) is 9.38. The number of nitrogens with zero attached hydrogens (tertiary/aromatic N) is 2. The van der Waals surface area contributed by atoms with Crippen LogP contribution in [0.5, 0.6) is 0 Å². The van der Waals surface area contributed by atoms with Gasteiger partial charge in [0, 0.05) is 33.5 Å². The third-order valence-electron chi connectivity index (χ3n) is 8.15. The van der Waals surface area contributed by atoms with Crippen LogP contribution in [0.4, 0.5) is 17.1 Å². The van der Waals surface area contributed by atoms with Crippen LogP contribution in [0.25, 0.3) is 49.4 Å². The lowest BCUT2D eigenvalue weighted by molar-refractivity contribution is 1.18. The molecule has 8 rings (SSSR count). The van der Waals surface area contributed by atoms with Gasteiger partial charge < -0.3 is 9.47 Å². The molecule has 0 atom stereocenters. The maximum atomic E-state index is 2.36. The summed E-state index contributed by atoms with van der Waals surface area (Å²) in [6.45, 7) is 0. The Morgan fingerprint density at radius 1 is 0.381 bits per heavy atom. The summed E-state index contributed by atoms with van der Waals surface area (Å²) >= 11 is 0. The van der Waals surface area contributed by atoms with Gasteiger partial charge in [0.1, 0.15) is 0 Å². The first-order valence-electron chi connectivity index (χ1n) is 14.4. The van der Waals surface area contributed by atoms with Crippen molar-refractivity contribution in [3.05, 3.63) is 170 Å². The molecule has 0 aliphatic carbocycles. The molecule has 0 N–H and O–H groups in total. The Kier molecular flexibility index (Phi) is 5.82. The average Bonchev–Trinajstić information content (AvgIpc) is 3.39. The molecule has 2 nitrogen and oxygen atoms in total. The lowest BCUT2D eigenvalue weighted by atomic mass is 9.97. The minimum atomic E-state index is 1.12. The van der Waals surface area contributed by atoms with E-state index < -0.39 is 0 Å². The zero-order valence-electron chi connectivity index (χ0n) is 23.1. The highest BCUT2D eigenvalue weighted by atomic mass is 15.1. The molecule has 2 heteroatoms. The van der Waals surface area contributed by atoms with E-state index in [1.807, 2.05) is 0 Å². The van der Waals surface area contributed by atoms with Crippen molar-refractivity contribution >= 4 is 49.6 Å². The van der Waals surface area contributed by atoms with Gasteiger partial charge in [0.2, 0.25) is 0 Å². The van der Waals surface area contributed by atoms with Gasteiger partial charge in [0.15, 0.2) is 0 Å². The quantitative estimate of drug-likeness (QED) is 0.212. The molecular formula is C40H28N2. The summed E-state index contributed by atoms with van der Waals surface area (Å²) in [5.74, 6) is 0. The van der Waals surface area contributed by atoms with E-state index in [0.29, 0.717) is 0 Å². The fraction of sp³-hybridized carbons (Fsp3) is 0. The largest absolute Gasteiger partial charge is 0.310 e. The van der Waals surface area contributed by atoms with Crippen molar-refractivity contribution in [2.24, 2.45) is 0 Å². The second-order valence-corrected chi connectivity index (χ2v) is 10.6. The molecule has 1 heterocycles. The Morgan fingerprint density at radius 3 is 1.86 bits per heavy atom. The Bertz CT molecular complexity index is 2190. The monoisotopic (exact) mass is 536 g/mol. The summed E-state index contributed by atoms with van der Waals surface area (Å²) in [7, 11) is 0. The highest BCUT2D eigenvalue weighted by Gasteiger charge is 2.17. The number of hydrogen-bond acceptors (Lipinski definition) is 1. The van der Waals surface area contributed by atoms with Crippen molar-refractivity contribution in [2.75, 3.05) is 4.90 Å². The van der Waals surface area contributed by atoms with Crippen molar-refractivity contribution < 1.29 is 0 Å². The number of rotatable bonds is 5. The lowest BCUT2D eigenvalue weighted by Gasteiger charge is -2.26. The molecule has 0 bridgehead atoms. The van der Waals surface area contributed by atoms with Gasteiger partial charge in [0.25, 0.3) is 0 Å². The Hall–Kier alpha value is -5.60. The molecule has 0 aliphatic heterocycles. The van der Waals surface area contributed by atoms with E-state index in [0.717, 1.165) is 17.1 Å². The smallest absolute Gasteiger partial charge is 0.0542 e. The molecule has 0 amide bonds. The highest BCUT2D eigenvalue weighted by molar-refractivity contribution is 6.10. The van der Waals surface area contributed by atoms with Crippen molar-refractivity contribution in [3.8, 4) is 16.8 Å². The Labute approximate surface area is 245 Å². The molecule has 0 unspecified atom stereocenters. The molecule has 0 spiro atoms. The standard InChI is InChI=1S/C40H28N2/c1-3-16-31(17-4-1)41(33-20-11-15-30(27-33)36-23-12-14-29-13-7-8-21-35(29)36)34-25-26-40-38(28-34)37-22-9-10-24-39(37)42(40)32-18-5-2-6-19-32/h1-28H. The van der Waals surface area contributed by atoms with E-state index in [-0.39, 0.29) is 0 Å². The van der Waals surface area contributed by atoms with Gasteiger partial charge in [-0.3, -0.25) is 0 Å². The van der Waals surface area contributed by atoms with Crippen LogP contribution >= 0.6 is 0 Å². The van der Waals surface area contributed by atoms with Gasteiger partial charge in [-0.25, -0.2) is 0 Å². The van der Waals surface area contributed by atoms with Gasteiger partial charge in [-0.05, 0) is 82.6 Å². The lowest BCUT2D eigenvalue weighted by Crippen LogP contribution is -2.10. The zero-order chi connectivity index (χ0) is 27.9. The van der Waals surface area contributed by atoms with Crippen LogP contribution in [0, 0.1) is 0 Å². The first-order chi connectivity index (χ1) is 20.8. The minimum Gasteiger partial charge on any atom is -0.310 e. The van der Waals surface area contributed by atoms with E-state index in [4.69, 9.17) is 0 Å². The molecular weight excluding hydrogens is 508 g/mol. The van der Waals surface area contributed by atoms with Crippen molar-refractivity contribution in [2.45, 2.75) is 0 Å². The fourth-order valence-electron chi connectivity index (χ4n) is 6.27. The second-order valence-electron chi connectivity index (χ2n) is 10.6. The van der Waals surface area contributed by atoms with Gasteiger partial charge in [-0.1, -0.05) is 109 Å². The van der Waals surface area contributed by atoms with Gasteiger partial charge in [-0.15, -0.1) is 0 Å². The maximum absolute atomic E-state index is 2.36. The SMILES string of the molecule is c1ccc(N(c2cccc(-c3cccc4ccccc34)c2)c2ccc3c(c2)c2ccccc2n3-c2ccccc2)cc1. The van der Waals surface area contributed by atoms with Crippen LogP contribution in [0.3, 0.4) is 0 Å². The molecule has 8 aromatic rings. The van der Waals surface area contributed by atoms with Crippen LogP contribution in [-0.4, -0.2) is 4.57 Å². The second kappa shape index (κ2) is 10.1. The minimum absolute atomic E-state index is 1.12. The number of para-hydroxylation sites is 3. The number of benzene rings is 7. The van der Waals surface area contributed by atoms with E-state index in [9.17, 15) is 0 Å². The van der Waals surface area contributed by atoms with E-state index in [1.165, 1.54) is 49.4 Å². The predicted molar refractivity (Wildman–Crippen MR) is 178 cm³/mol. The van der Waals surface area contributed by atoms with Gasteiger partial charge in [-0.2, -0.15) is 0 Å². The molecule has 7 aromatic carbocycles. The first kappa shape index (κ1) is 24.2. The Morgan fingerprint density at radius 2 is 1.00 bits per heavy atom. The van der Waals surface area contributed by atoms with Crippen LogP contribution in [0.1, 0.15) is 0 Å². The molecule has 1 aromatic heterocycles. The van der Waals surface area contributed by atoms with Gasteiger partial charge in [0.05, 0.1) is 11.0 Å². The summed E-state index contributed by atoms with van der Waals surface area (Å²) < 4.78 is 2.36. The summed E-state index contributed by atoms with van der Waals surface area (Å²) in [6, 6.07) is 60.9. The van der Waals surface area contributed by atoms with Crippen LogP contribution < -0.4 is 4.90 Å². The number of hydrogen-bond donors (Lipinski definition) is 0. The molecule has 198 valence electrons. The van der Waals surface area contributed by atoms with E-state index in [2.05, 4.69) is 179 Å². The molecule has 42 heavy (non-hydrogen) atoms. The van der Waals surface area contributed by atoms with Crippen molar-refractivity contribution in [3.63, 3.8) is 0 Å². The van der Waals surface area contributed by atoms with Gasteiger partial charge >= 0.3 is 0 Å². The van der Waals surface area contributed by atoms with Crippen molar-refractivity contribution in [1.29, 1.82) is 0 Å². The molecule has 0 aliphatic rings. The van der Waals surface area contributed by atoms with E-state index >= 15 is 0 Å². The fourth-order valence-corrected chi connectivity index (χ4v) is 6.27. The third-order valence-corrected chi connectivity index (χ3v) is 8.15. The van der Waals surface area contributed by atoms with Crippen LogP contribution in [0.2, 0.25) is 0 Å². The molecule has 0 saturated heterocycles. The van der Waals surface area contributed by atoms with Crippen molar-refractivity contribution in [1.82, 2.24) is 4.57 Å². The highest BCUT2D eigenvalue weighted by Crippen LogP contribution is 2.41. The zero-order valence-corrected chi connectivity index (χ0v) is 23.1. The Balaban J connectivity index is 1.34. The summed E-state index contributed by atoms with van der Waals surface area (Å²) in [6.07, 6.45) is 0. The van der Waals surface area contributed by atoms with Crippen LogP contribution in [-0.2, 0) is 0 Å². The maximum Gasteiger partial charge on any atom is 0.0542 e. The predicted octanol–water partition coefficient (Wildman–Crippen LogP) is 11.1. The topological polar surface area (TPSA) is 8.17 Å². The summed E-state index contributed by atoms with van der Waals surface area (Å²) in [5, 5.41) is 4.99. The average molecular weight is 537 g/mol. The molecule has 0 radical (unpaired) electrons. The number of anilines is 3. The molecule has 0 saturated carbocycles. The third kappa shape index (κ3) is 4.05.